The normalized spacial score (nSPS) is 12.5. The third-order valence-electron chi connectivity index (χ3n) is 0.795. The van der Waals surface area contributed by atoms with Gasteiger partial charge in [-0.25, -0.2) is 4.79 Å². The fourth-order valence-corrected chi connectivity index (χ4v) is 0.636. The highest BCUT2D eigenvalue weighted by Gasteiger charge is 1.92. The summed E-state index contributed by atoms with van der Waals surface area (Å²) in [4.78, 5) is 10.4. The van der Waals surface area contributed by atoms with Gasteiger partial charge >= 0.3 is 5.97 Å². The third kappa shape index (κ3) is 6.97. The lowest BCUT2D eigenvalue weighted by Crippen LogP contribution is -1.93. The number of carbonyl (C=O) groups excluding carboxylic acids is 1. The van der Waals surface area contributed by atoms with E-state index in [-0.39, 0.29) is 0 Å². The van der Waals surface area contributed by atoms with Gasteiger partial charge < -0.3 is 4.74 Å². The van der Waals surface area contributed by atoms with Crippen molar-refractivity contribution >= 4 is 16.1 Å². The van der Waals surface area contributed by atoms with E-state index in [4.69, 9.17) is 4.55 Å². The first-order valence-electron chi connectivity index (χ1n) is 2.86. The molecule has 0 aliphatic heterocycles. The molecular formula is C6H8O5S. The summed E-state index contributed by atoms with van der Waals surface area (Å²) in [6.07, 6.45) is 3.16. The predicted octanol–water partition coefficient (Wildman–Crippen LogP) is 0.117. The maximum atomic E-state index is 10.4. The topological polar surface area (TPSA) is 80.7 Å². The standard InChI is InChI=1S/C6H8O5S/c1-11-6(7)4-2-3-5-12(8,9)10/h2-5H,1H3,(H,8,9,10)/b4-2+,5-3+. The second-order valence-corrected chi connectivity index (χ2v) is 3.03. The van der Waals surface area contributed by atoms with E-state index in [1.54, 1.807) is 0 Å². The first-order valence-corrected chi connectivity index (χ1v) is 4.36. The second-order valence-electron chi connectivity index (χ2n) is 1.73. The van der Waals surface area contributed by atoms with E-state index >= 15 is 0 Å². The molecule has 0 aliphatic rings. The van der Waals surface area contributed by atoms with E-state index in [1.807, 2.05) is 0 Å². The van der Waals surface area contributed by atoms with Gasteiger partial charge in [0.15, 0.2) is 0 Å². The van der Waals surface area contributed by atoms with Gasteiger partial charge in [-0.2, -0.15) is 8.42 Å². The summed E-state index contributed by atoms with van der Waals surface area (Å²) in [5.41, 5.74) is 0. The number of methoxy groups -OCH3 is 1. The van der Waals surface area contributed by atoms with E-state index in [0.29, 0.717) is 5.41 Å². The van der Waals surface area contributed by atoms with Crippen LogP contribution in [-0.4, -0.2) is 26.0 Å². The van der Waals surface area contributed by atoms with Crippen molar-refractivity contribution in [1.29, 1.82) is 0 Å². The van der Waals surface area contributed by atoms with Crippen molar-refractivity contribution in [2.75, 3.05) is 7.11 Å². The van der Waals surface area contributed by atoms with Gasteiger partial charge in [0, 0.05) is 6.08 Å². The van der Waals surface area contributed by atoms with Gasteiger partial charge in [0.2, 0.25) is 0 Å². The number of rotatable bonds is 3. The molecule has 0 aromatic carbocycles. The smallest absolute Gasteiger partial charge is 0.330 e. The molecule has 0 aromatic rings. The summed E-state index contributed by atoms with van der Waals surface area (Å²) in [6, 6.07) is 0. The van der Waals surface area contributed by atoms with Crippen molar-refractivity contribution in [2.24, 2.45) is 0 Å². The highest BCUT2D eigenvalue weighted by atomic mass is 32.2. The third-order valence-corrected chi connectivity index (χ3v) is 1.30. The summed E-state index contributed by atoms with van der Waals surface area (Å²) in [7, 11) is -2.92. The molecule has 5 nitrogen and oxygen atoms in total. The number of allylic oxidation sites excluding steroid dienone is 2. The van der Waals surface area contributed by atoms with Crippen LogP contribution in [0, 0.1) is 0 Å². The van der Waals surface area contributed by atoms with Crippen LogP contribution in [0.1, 0.15) is 0 Å². The SMILES string of the molecule is COC(=O)/C=C/C=C/S(=O)(=O)O. The minimum absolute atomic E-state index is 0.548. The Balaban J connectivity index is 4.08. The minimum atomic E-state index is -4.11. The van der Waals surface area contributed by atoms with Gasteiger partial charge in [-0.1, -0.05) is 6.08 Å². The molecule has 0 saturated heterocycles. The van der Waals surface area contributed by atoms with Gasteiger partial charge in [-0.15, -0.1) is 0 Å². The molecule has 68 valence electrons. The Morgan fingerprint density at radius 2 is 2.00 bits per heavy atom. The largest absolute Gasteiger partial charge is 0.466 e. The van der Waals surface area contributed by atoms with Crippen molar-refractivity contribution in [2.45, 2.75) is 0 Å². The van der Waals surface area contributed by atoms with Crippen LogP contribution in [0.5, 0.6) is 0 Å². The summed E-state index contributed by atoms with van der Waals surface area (Å²) in [5, 5.41) is 0.548. The van der Waals surface area contributed by atoms with Crippen LogP contribution in [-0.2, 0) is 19.6 Å². The van der Waals surface area contributed by atoms with Crippen LogP contribution in [0.2, 0.25) is 0 Å². The van der Waals surface area contributed by atoms with Crippen LogP contribution in [0.15, 0.2) is 23.6 Å². The van der Waals surface area contributed by atoms with Crippen molar-refractivity contribution in [1.82, 2.24) is 0 Å². The molecule has 6 heteroatoms. The van der Waals surface area contributed by atoms with E-state index in [0.717, 1.165) is 18.2 Å². The van der Waals surface area contributed by atoms with Crippen molar-refractivity contribution in [3.05, 3.63) is 23.6 Å². The highest BCUT2D eigenvalue weighted by molar-refractivity contribution is 7.88. The molecule has 0 aromatic heterocycles. The molecule has 0 heterocycles. The number of hydrogen-bond acceptors (Lipinski definition) is 4. The number of hydrogen-bond donors (Lipinski definition) is 1. The summed E-state index contributed by atoms with van der Waals surface area (Å²) in [6.45, 7) is 0. The highest BCUT2D eigenvalue weighted by Crippen LogP contribution is 1.86. The summed E-state index contributed by atoms with van der Waals surface area (Å²) in [5.74, 6) is -0.602. The minimum Gasteiger partial charge on any atom is -0.466 e. The molecule has 0 aliphatic carbocycles. The summed E-state index contributed by atoms with van der Waals surface area (Å²) >= 11 is 0. The fraction of sp³-hybridized carbons (Fsp3) is 0.167. The summed E-state index contributed by atoms with van der Waals surface area (Å²) < 4.78 is 32.5. The van der Waals surface area contributed by atoms with E-state index in [9.17, 15) is 13.2 Å². The Hall–Kier alpha value is -1.14. The second kappa shape index (κ2) is 4.68. The van der Waals surface area contributed by atoms with E-state index in [2.05, 4.69) is 4.74 Å². The number of ether oxygens (including phenoxy) is 1. The molecule has 0 atom stereocenters. The molecule has 0 radical (unpaired) electrons. The van der Waals surface area contributed by atoms with Crippen LogP contribution in [0.25, 0.3) is 0 Å². The Morgan fingerprint density at radius 3 is 2.42 bits per heavy atom. The lowest BCUT2D eigenvalue weighted by Gasteiger charge is -1.86. The van der Waals surface area contributed by atoms with Crippen LogP contribution in [0.4, 0.5) is 0 Å². The average Bonchev–Trinajstić information content (AvgIpc) is 1.96. The Bertz CT molecular complexity index is 298. The first kappa shape index (κ1) is 10.9. The zero-order valence-corrected chi connectivity index (χ0v) is 7.11. The van der Waals surface area contributed by atoms with Gasteiger partial charge in [0.25, 0.3) is 10.1 Å². The van der Waals surface area contributed by atoms with E-state index < -0.39 is 16.1 Å². The molecule has 0 saturated carbocycles. The number of carbonyl (C=O) groups is 1. The van der Waals surface area contributed by atoms with Crippen molar-refractivity contribution in [3.63, 3.8) is 0 Å². The molecular weight excluding hydrogens is 184 g/mol. The van der Waals surface area contributed by atoms with Gasteiger partial charge in [0.05, 0.1) is 12.5 Å². The van der Waals surface area contributed by atoms with Gasteiger partial charge in [-0.3, -0.25) is 4.55 Å². The lowest BCUT2D eigenvalue weighted by molar-refractivity contribution is -0.134. The average molecular weight is 192 g/mol. The van der Waals surface area contributed by atoms with Gasteiger partial charge in [-0.05, 0) is 6.08 Å². The lowest BCUT2D eigenvalue weighted by atomic mass is 10.5. The van der Waals surface area contributed by atoms with E-state index in [1.165, 1.54) is 7.11 Å². The molecule has 12 heavy (non-hydrogen) atoms. The van der Waals surface area contributed by atoms with Crippen LogP contribution >= 0.6 is 0 Å². The van der Waals surface area contributed by atoms with Crippen LogP contribution in [0.3, 0.4) is 0 Å². The molecule has 0 bridgehead atoms. The Morgan fingerprint density at radius 1 is 1.42 bits per heavy atom. The zero-order chi connectivity index (χ0) is 9.61. The first-order chi connectivity index (χ1) is 5.45. The maximum Gasteiger partial charge on any atom is 0.330 e. The molecule has 0 unspecified atom stereocenters. The maximum absolute atomic E-state index is 10.4. The molecule has 0 amide bonds. The monoisotopic (exact) mass is 192 g/mol. The van der Waals surface area contributed by atoms with Crippen molar-refractivity contribution in [3.8, 4) is 0 Å². The quantitative estimate of drug-likeness (QED) is 0.297. The molecule has 1 N–H and O–H groups in total. The Labute approximate surface area is 70.1 Å². The van der Waals surface area contributed by atoms with Gasteiger partial charge in [0.1, 0.15) is 0 Å². The van der Waals surface area contributed by atoms with Crippen molar-refractivity contribution < 1.29 is 22.5 Å². The fourth-order valence-electron chi connectivity index (χ4n) is 0.347. The molecule has 0 fully saturated rings. The zero-order valence-electron chi connectivity index (χ0n) is 6.30. The number of esters is 1. The molecule has 0 rings (SSSR count). The predicted molar refractivity (Wildman–Crippen MR) is 41.8 cm³/mol. The Kier molecular flexibility index (Phi) is 4.24. The molecule has 0 spiro atoms. The van der Waals surface area contributed by atoms with Crippen LogP contribution < -0.4 is 0 Å².